The van der Waals surface area contributed by atoms with E-state index in [1.807, 2.05) is 0 Å². The molecule has 1 aromatic rings. The maximum absolute atomic E-state index is 11.7. The summed E-state index contributed by atoms with van der Waals surface area (Å²) in [6, 6.07) is -0.366. The number of nitrogens with zero attached hydrogens (tertiary/aromatic N) is 3. The Morgan fingerprint density at radius 3 is 2.68 bits per heavy atom. The van der Waals surface area contributed by atoms with Crippen molar-refractivity contribution in [2.45, 2.75) is 45.1 Å². The number of hydrogen-bond acceptors (Lipinski definition) is 4. The molecule has 0 aliphatic rings. The third-order valence-corrected chi connectivity index (χ3v) is 2.83. The number of carbonyl (C=O) groups is 2. The molecule has 7 nitrogen and oxygen atoms in total. The lowest BCUT2D eigenvalue weighted by atomic mass is 10.1. The van der Waals surface area contributed by atoms with Crippen LogP contribution in [0.25, 0.3) is 0 Å². The van der Waals surface area contributed by atoms with E-state index >= 15 is 0 Å². The molecule has 7 heteroatoms. The minimum atomic E-state index is -0.755. The molecular weight excluding hydrogens is 248 g/mol. The number of hydrogen-bond donors (Lipinski definition) is 2. The smallest absolute Gasteiger partial charge is 0.303 e. The van der Waals surface area contributed by atoms with Gasteiger partial charge >= 0.3 is 5.97 Å². The van der Waals surface area contributed by atoms with E-state index in [-0.39, 0.29) is 18.4 Å². The second-order valence-corrected chi connectivity index (χ2v) is 4.40. The average Bonchev–Trinajstić information content (AvgIpc) is 2.89. The first kappa shape index (κ1) is 15.1. The molecule has 0 aliphatic carbocycles. The number of carbonyl (C=O) groups excluding carboxylic acids is 1. The minimum absolute atomic E-state index is 0.0870. The number of amides is 1. The predicted molar refractivity (Wildman–Crippen MR) is 68.5 cm³/mol. The Kier molecular flexibility index (Phi) is 6.56. The van der Waals surface area contributed by atoms with E-state index in [1.54, 1.807) is 6.92 Å². The summed E-state index contributed by atoms with van der Waals surface area (Å²) < 4.78 is 1.50. The number of aliphatic carboxylic acids is 1. The van der Waals surface area contributed by atoms with Crippen molar-refractivity contribution in [2.75, 3.05) is 6.54 Å². The lowest BCUT2D eigenvalue weighted by Crippen LogP contribution is -2.31. The van der Waals surface area contributed by atoms with Gasteiger partial charge in [-0.3, -0.25) is 9.59 Å². The van der Waals surface area contributed by atoms with Gasteiger partial charge in [-0.15, -0.1) is 0 Å². The van der Waals surface area contributed by atoms with Gasteiger partial charge in [0.2, 0.25) is 5.91 Å². The number of carboxylic acids is 1. The summed E-state index contributed by atoms with van der Waals surface area (Å²) in [6.07, 6.45) is 6.47. The minimum Gasteiger partial charge on any atom is -0.481 e. The largest absolute Gasteiger partial charge is 0.481 e. The number of carboxylic acid groups (broad SMARTS) is 1. The number of nitrogens with one attached hydrogen (secondary N) is 1. The summed E-state index contributed by atoms with van der Waals surface area (Å²) in [5, 5.41) is 15.2. The Hall–Kier alpha value is -1.92. The van der Waals surface area contributed by atoms with E-state index in [9.17, 15) is 9.59 Å². The van der Waals surface area contributed by atoms with E-state index < -0.39 is 5.97 Å². The fourth-order valence-electron chi connectivity index (χ4n) is 1.65. The first-order chi connectivity index (χ1) is 9.11. The molecule has 1 rings (SSSR count). The van der Waals surface area contributed by atoms with Crippen LogP contribution in [0.2, 0.25) is 0 Å². The molecule has 106 valence electrons. The summed E-state index contributed by atoms with van der Waals surface area (Å²) >= 11 is 0. The summed E-state index contributed by atoms with van der Waals surface area (Å²) in [5.41, 5.74) is 0. The van der Waals surface area contributed by atoms with Gasteiger partial charge in [0, 0.05) is 13.0 Å². The zero-order chi connectivity index (χ0) is 14.1. The maximum atomic E-state index is 11.7. The molecule has 1 aromatic heterocycles. The van der Waals surface area contributed by atoms with Crippen molar-refractivity contribution in [3.05, 3.63) is 12.7 Å². The highest BCUT2D eigenvalue weighted by atomic mass is 16.4. The molecular formula is C12H20N4O3. The van der Waals surface area contributed by atoms with Gasteiger partial charge in [-0.25, -0.2) is 9.67 Å². The summed E-state index contributed by atoms with van der Waals surface area (Å²) in [7, 11) is 0. The molecule has 0 saturated heterocycles. The molecule has 0 aromatic carbocycles. The van der Waals surface area contributed by atoms with E-state index in [2.05, 4.69) is 15.4 Å². The fourth-order valence-corrected chi connectivity index (χ4v) is 1.65. The molecule has 1 unspecified atom stereocenters. The van der Waals surface area contributed by atoms with Gasteiger partial charge in [0.15, 0.2) is 0 Å². The highest BCUT2D eigenvalue weighted by Crippen LogP contribution is 2.04. The zero-order valence-electron chi connectivity index (χ0n) is 11.1. The van der Waals surface area contributed by atoms with Gasteiger partial charge in [0.05, 0.1) is 0 Å². The van der Waals surface area contributed by atoms with Crippen LogP contribution in [0, 0.1) is 0 Å². The summed E-state index contributed by atoms with van der Waals surface area (Å²) in [4.78, 5) is 25.8. The van der Waals surface area contributed by atoms with E-state index in [1.165, 1.54) is 17.3 Å². The van der Waals surface area contributed by atoms with E-state index in [4.69, 9.17) is 5.11 Å². The highest BCUT2D eigenvalue weighted by molar-refractivity contribution is 5.79. The molecule has 0 radical (unpaired) electrons. The molecule has 0 bridgehead atoms. The first-order valence-electron chi connectivity index (χ1n) is 6.45. The van der Waals surface area contributed by atoms with Crippen molar-refractivity contribution >= 4 is 11.9 Å². The molecule has 1 heterocycles. The molecule has 1 atom stereocenters. The number of aromatic nitrogens is 3. The van der Waals surface area contributed by atoms with Crippen LogP contribution in [0.3, 0.4) is 0 Å². The molecule has 2 N–H and O–H groups in total. The quantitative estimate of drug-likeness (QED) is 0.651. The van der Waals surface area contributed by atoms with Crippen LogP contribution in [-0.2, 0) is 9.59 Å². The summed E-state index contributed by atoms with van der Waals surface area (Å²) in [5.74, 6) is -0.842. The van der Waals surface area contributed by atoms with Gasteiger partial charge in [-0.2, -0.15) is 5.10 Å². The lowest BCUT2D eigenvalue weighted by Gasteiger charge is -2.11. The van der Waals surface area contributed by atoms with Crippen molar-refractivity contribution in [1.82, 2.24) is 20.1 Å². The van der Waals surface area contributed by atoms with Gasteiger partial charge in [0.1, 0.15) is 18.7 Å². The Morgan fingerprint density at radius 2 is 2.05 bits per heavy atom. The Labute approximate surface area is 112 Å². The third kappa shape index (κ3) is 5.98. The van der Waals surface area contributed by atoms with Crippen molar-refractivity contribution in [2.24, 2.45) is 0 Å². The van der Waals surface area contributed by atoms with Crippen molar-refractivity contribution in [3.8, 4) is 0 Å². The molecule has 1 amide bonds. The van der Waals surface area contributed by atoms with Crippen LogP contribution in [0.15, 0.2) is 12.7 Å². The van der Waals surface area contributed by atoms with Crippen LogP contribution in [0.1, 0.15) is 45.1 Å². The average molecular weight is 268 g/mol. The van der Waals surface area contributed by atoms with Crippen LogP contribution in [0.4, 0.5) is 0 Å². The molecule has 19 heavy (non-hydrogen) atoms. The number of unbranched alkanes of at least 4 members (excludes halogenated alkanes) is 3. The SMILES string of the molecule is CC(C(=O)NCCCCCCC(=O)O)n1cncn1. The molecule has 0 fully saturated rings. The van der Waals surface area contributed by atoms with Crippen molar-refractivity contribution in [3.63, 3.8) is 0 Å². The monoisotopic (exact) mass is 268 g/mol. The van der Waals surface area contributed by atoms with Crippen LogP contribution >= 0.6 is 0 Å². The Balaban J connectivity index is 2.06. The fraction of sp³-hybridized carbons (Fsp3) is 0.667. The first-order valence-corrected chi connectivity index (χ1v) is 6.45. The zero-order valence-corrected chi connectivity index (χ0v) is 11.1. The second kappa shape index (κ2) is 8.23. The Morgan fingerprint density at radius 1 is 1.32 bits per heavy atom. The van der Waals surface area contributed by atoms with Gasteiger partial charge in [-0.05, 0) is 19.8 Å². The highest BCUT2D eigenvalue weighted by Gasteiger charge is 2.14. The van der Waals surface area contributed by atoms with Crippen LogP contribution < -0.4 is 5.32 Å². The third-order valence-electron chi connectivity index (χ3n) is 2.83. The topological polar surface area (TPSA) is 97.1 Å². The predicted octanol–water partition coefficient (Wildman–Crippen LogP) is 0.990. The van der Waals surface area contributed by atoms with Crippen LogP contribution in [0.5, 0.6) is 0 Å². The van der Waals surface area contributed by atoms with Gasteiger partial charge < -0.3 is 10.4 Å². The normalized spacial score (nSPS) is 12.1. The van der Waals surface area contributed by atoms with Crippen molar-refractivity contribution < 1.29 is 14.7 Å². The van der Waals surface area contributed by atoms with Crippen molar-refractivity contribution in [1.29, 1.82) is 0 Å². The number of rotatable bonds is 9. The standard InChI is InChI=1S/C12H20N4O3/c1-10(16-9-13-8-15-16)12(19)14-7-5-3-2-4-6-11(17)18/h8-10H,2-7H2,1H3,(H,14,19)(H,17,18). The molecule has 0 aliphatic heterocycles. The lowest BCUT2D eigenvalue weighted by molar-refractivity contribution is -0.137. The van der Waals surface area contributed by atoms with Crippen LogP contribution in [-0.4, -0.2) is 38.3 Å². The summed E-state index contributed by atoms with van der Waals surface area (Å²) in [6.45, 7) is 2.36. The van der Waals surface area contributed by atoms with E-state index in [0.29, 0.717) is 13.0 Å². The Bertz CT molecular complexity index is 392. The molecule has 0 spiro atoms. The second-order valence-electron chi connectivity index (χ2n) is 4.40. The van der Waals surface area contributed by atoms with Gasteiger partial charge in [0.25, 0.3) is 0 Å². The maximum Gasteiger partial charge on any atom is 0.303 e. The van der Waals surface area contributed by atoms with Gasteiger partial charge in [-0.1, -0.05) is 12.8 Å². The van der Waals surface area contributed by atoms with E-state index in [0.717, 1.165) is 19.3 Å². The molecule has 0 saturated carbocycles.